The van der Waals surface area contributed by atoms with Crippen LogP contribution in [0.4, 0.5) is 0 Å². The molecule has 0 aliphatic heterocycles. The van der Waals surface area contributed by atoms with Crippen LogP contribution in [-0.4, -0.2) is 63.5 Å². The SMILES string of the molecule is CCCCC/C=C\C[C@@H](O)[C@H](O)CCCCCCCC(=O)OC[C@H](COP(=O)(O)O)OC(=O)CCCCCCCCCCCCCC. The van der Waals surface area contributed by atoms with Crippen molar-refractivity contribution in [2.24, 2.45) is 0 Å². The molecule has 3 atom stereocenters. The number of esters is 2. The first-order valence-corrected chi connectivity index (χ1v) is 20.2. The first kappa shape index (κ1) is 45.7. The predicted molar refractivity (Wildman–Crippen MR) is 187 cm³/mol. The van der Waals surface area contributed by atoms with Gasteiger partial charge in [-0.2, -0.15) is 0 Å². The van der Waals surface area contributed by atoms with Crippen LogP contribution >= 0.6 is 7.82 Å². The number of phosphoric acid groups is 1. The Morgan fingerprint density at radius 3 is 1.66 bits per heavy atom. The monoisotopic (exact) mass is 692 g/mol. The maximum atomic E-state index is 12.3. The Balaban J connectivity index is 4.08. The van der Waals surface area contributed by atoms with Crippen molar-refractivity contribution >= 4 is 19.8 Å². The van der Waals surface area contributed by atoms with Crippen LogP contribution in [0.3, 0.4) is 0 Å². The Morgan fingerprint density at radius 1 is 0.617 bits per heavy atom. The van der Waals surface area contributed by atoms with Crippen LogP contribution in [0.1, 0.15) is 174 Å². The lowest BCUT2D eigenvalue weighted by Crippen LogP contribution is -2.29. The number of allylic oxidation sites excluding steroid dienone is 1. The highest BCUT2D eigenvalue weighted by molar-refractivity contribution is 7.46. The van der Waals surface area contributed by atoms with E-state index in [9.17, 15) is 24.4 Å². The van der Waals surface area contributed by atoms with E-state index in [0.29, 0.717) is 25.7 Å². The van der Waals surface area contributed by atoms with Crippen LogP contribution in [0.2, 0.25) is 0 Å². The Labute approximate surface area is 285 Å². The van der Waals surface area contributed by atoms with Gasteiger partial charge < -0.3 is 29.5 Å². The molecule has 47 heavy (non-hydrogen) atoms. The van der Waals surface area contributed by atoms with E-state index >= 15 is 0 Å². The van der Waals surface area contributed by atoms with Crippen LogP contribution < -0.4 is 0 Å². The van der Waals surface area contributed by atoms with Gasteiger partial charge in [0.2, 0.25) is 0 Å². The summed E-state index contributed by atoms with van der Waals surface area (Å²) in [5.41, 5.74) is 0. The molecule has 0 heterocycles. The predicted octanol–water partition coefficient (Wildman–Crippen LogP) is 8.62. The maximum Gasteiger partial charge on any atom is 0.469 e. The highest BCUT2D eigenvalue weighted by Gasteiger charge is 2.23. The third kappa shape index (κ3) is 33.0. The van der Waals surface area contributed by atoms with Gasteiger partial charge in [0, 0.05) is 12.8 Å². The molecule has 4 N–H and O–H groups in total. The van der Waals surface area contributed by atoms with E-state index in [1.807, 2.05) is 6.08 Å². The molecule has 0 bridgehead atoms. The molecule has 0 saturated carbocycles. The second-order valence-electron chi connectivity index (χ2n) is 12.9. The molecule has 0 aliphatic rings. The van der Waals surface area contributed by atoms with Crippen molar-refractivity contribution < 1.29 is 48.2 Å². The average molecular weight is 693 g/mol. The number of carbonyl (C=O) groups is 2. The number of ether oxygens (including phenoxy) is 2. The Bertz CT molecular complexity index is 816. The zero-order valence-corrected chi connectivity index (χ0v) is 30.6. The molecule has 10 nitrogen and oxygen atoms in total. The van der Waals surface area contributed by atoms with Gasteiger partial charge in [0.05, 0.1) is 18.8 Å². The van der Waals surface area contributed by atoms with Gasteiger partial charge in [0.15, 0.2) is 6.10 Å². The summed E-state index contributed by atoms with van der Waals surface area (Å²) in [6, 6.07) is 0. The van der Waals surface area contributed by atoms with E-state index in [2.05, 4.69) is 24.4 Å². The number of aliphatic hydroxyl groups is 2. The molecule has 278 valence electrons. The Hall–Kier alpha value is -1.29. The standard InChI is InChI=1S/C36H69O10P/c1-3-5-7-9-11-12-13-14-15-16-20-25-29-36(40)46-32(31-45-47(41,42)43)30-44-35(39)28-24-21-17-19-23-27-34(38)33(37)26-22-18-10-8-6-4-2/h18,22,32-34,37-38H,3-17,19-21,23-31H2,1-2H3,(H2,41,42,43)/b22-18-/t32-,33-,34-/m1/s1. The number of hydrogen-bond donors (Lipinski definition) is 4. The molecule has 11 heteroatoms. The molecule has 0 aromatic heterocycles. The van der Waals surface area contributed by atoms with E-state index in [1.165, 1.54) is 64.2 Å². The average Bonchev–Trinajstić information content (AvgIpc) is 3.03. The van der Waals surface area contributed by atoms with Crippen molar-refractivity contribution in [2.45, 2.75) is 193 Å². The number of rotatable bonds is 34. The zero-order valence-electron chi connectivity index (χ0n) is 29.7. The highest BCUT2D eigenvalue weighted by atomic mass is 31.2. The van der Waals surface area contributed by atoms with Gasteiger partial charge in [0.1, 0.15) is 6.61 Å². The number of aliphatic hydroxyl groups excluding tert-OH is 2. The molecule has 0 spiro atoms. The van der Waals surface area contributed by atoms with Crippen LogP contribution in [0, 0.1) is 0 Å². The van der Waals surface area contributed by atoms with E-state index in [4.69, 9.17) is 19.3 Å². The largest absolute Gasteiger partial charge is 0.469 e. The number of carbonyl (C=O) groups excluding carboxylic acids is 2. The van der Waals surface area contributed by atoms with E-state index in [-0.39, 0.29) is 19.4 Å². The van der Waals surface area contributed by atoms with Crippen LogP contribution in [0.15, 0.2) is 12.2 Å². The fourth-order valence-corrected chi connectivity index (χ4v) is 5.64. The van der Waals surface area contributed by atoms with Gasteiger partial charge in [-0.1, -0.05) is 135 Å². The van der Waals surface area contributed by atoms with Crippen molar-refractivity contribution in [3.8, 4) is 0 Å². The third-order valence-electron chi connectivity index (χ3n) is 8.23. The van der Waals surface area contributed by atoms with Gasteiger partial charge in [-0.05, 0) is 38.5 Å². The quantitative estimate of drug-likeness (QED) is 0.0222. The molecule has 0 rings (SSSR count). The minimum atomic E-state index is -4.78. The minimum Gasteiger partial charge on any atom is -0.462 e. The van der Waals surface area contributed by atoms with Crippen molar-refractivity contribution in [2.75, 3.05) is 13.2 Å². The summed E-state index contributed by atoms with van der Waals surface area (Å²) in [5, 5.41) is 20.3. The molecule has 0 aliphatic carbocycles. The number of hydrogen-bond acceptors (Lipinski definition) is 8. The van der Waals surface area contributed by atoms with Gasteiger partial charge >= 0.3 is 19.8 Å². The summed E-state index contributed by atoms with van der Waals surface area (Å²) in [7, 11) is -4.78. The van der Waals surface area contributed by atoms with Gasteiger partial charge in [0.25, 0.3) is 0 Å². The lowest BCUT2D eigenvalue weighted by atomic mass is 10.0. The summed E-state index contributed by atoms with van der Waals surface area (Å²) in [6.07, 6.45) is 25.3. The summed E-state index contributed by atoms with van der Waals surface area (Å²) < 4.78 is 26.2. The molecule has 0 unspecified atom stereocenters. The number of phosphoric ester groups is 1. The molecule has 0 radical (unpaired) electrons. The first-order valence-electron chi connectivity index (χ1n) is 18.6. The van der Waals surface area contributed by atoms with Crippen molar-refractivity contribution in [1.82, 2.24) is 0 Å². The van der Waals surface area contributed by atoms with Crippen molar-refractivity contribution in [3.63, 3.8) is 0 Å². The zero-order chi connectivity index (χ0) is 35.0. The van der Waals surface area contributed by atoms with Crippen LogP contribution in [-0.2, 0) is 28.2 Å². The molecule has 0 fully saturated rings. The Morgan fingerprint density at radius 2 is 1.11 bits per heavy atom. The molecule has 0 amide bonds. The van der Waals surface area contributed by atoms with Crippen molar-refractivity contribution in [1.29, 1.82) is 0 Å². The molecule has 0 aromatic carbocycles. The summed E-state index contributed by atoms with van der Waals surface area (Å²) in [4.78, 5) is 42.6. The first-order chi connectivity index (χ1) is 22.6. The normalized spacial score (nSPS) is 13.9. The topological polar surface area (TPSA) is 160 Å². The van der Waals surface area contributed by atoms with E-state index in [1.54, 1.807) is 0 Å². The third-order valence-corrected chi connectivity index (χ3v) is 8.72. The van der Waals surface area contributed by atoms with Crippen LogP contribution in [0.25, 0.3) is 0 Å². The van der Waals surface area contributed by atoms with Gasteiger partial charge in [-0.3, -0.25) is 14.1 Å². The van der Waals surface area contributed by atoms with Crippen molar-refractivity contribution in [3.05, 3.63) is 12.2 Å². The highest BCUT2D eigenvalue weighted by Crippen LogP contribution is 2.36. The summed E-state index contributed by atoms with van der Waals surface area (Å²) in [6.45, 7) is 3.48. The lowest BCUT2D eigenvalue weighted by molar-refractivity contribution is -0.161. The smallest absolute Gasteiger partial charge is 0.462 e. The summed E-state index contributed by atoms with van der Waals surface area (Å²) >= 11 is 0. The second-order valence-corrected chi connectivity index (χ2v) is 14.1. The summed E-state index contributed by atoms with van der Waals surface area (Å²) in [5.74, 6) is -0.992. The van der Waals surface area contributed by atoms with Gasteiger partial charge in [-0.25, -0.2) is 4.57 Å². The fourth-order valence-electron chi connectivity index (χ4n) is 5.28. The van der Waals surface area contributed by atoms with E-state index < -0.39 is 44.7 Å². The minimum absolute atomic E-state index is 0.171. The molecule has 0 aromatic rings. The number of unbranched alkanes of at least 4 members (excludes halogenated alkanes) is 18. The Kier molecular flexibility index (Phi) is 31.1. The molecular weight excluding hydrogens is 623 g/mol. The van der Waals surface area contributed by atoms with E-state index in [0.717, 1.165) is 57.8 Å². The van der Waals surface area contributed by atoms with Crippen LogP contribution in [0.5, 0.6) is 0 Å². The molecular formula is C36H69O10P. The maximum absolute atomic E-state index is 12.3. The molecule has 0 saturated heterocycles. The van der Waals surface area contributed by atoms with Gasteiger partial charge in [-0.15, -0.1) is 0 Å². The lowest BCUT2D eigenvalue weighted by Gasteiger charge is -2.18. The second kappa shape index (κ2) is 31.9. The fraction of sp³-hybridized carbons (Fsp3) is 0.889.